The summed E-state index contributed by atoms with van der Waals surface area (Å²) < 4.78 is 1.19. The van der Waals surface area contributed by atoms with E-state index in [2.05, 4.69) is 22.0 Å². The molecular formula is C21H23ClN4OS. The highest BCUT2D eigenvalue weighted by atomic mass is 35.5. The van der Waals surface area contributed by atoms with E-state index >= 15 is 0 Å². The Hall–Kier alpha value is -2.15. The van der Waals surface area contributed by atoms with Crippen LogP contribution in [0.15, 0.2) is 48.5 Å². The van der Waals surface area contributed by atoms with E-state index in [0.717, 1.165) is 47.4 Å². The molecule has 1 saturated heterocycles. The van der Waals surface area contributed by atoms with Crippen molar-refractivity contribution in [3.63, 3.8) is 0 Å². The van der Waals surface area contributed by atoms with E-state index in [1.165, 1.54) is 4.70 Å². The molecule has 0 aliphatic carbocycles. The molecule has 2 heterocycles. The lowest BCUT2D eigenvalue weighted by molar-refractivity contribution is -0.132. The van der Waals surface area contributed by atoms with Crippen molar-refractivity contribution in [1.29, 1.82) is 0 Å². The molecule has 28 heavy (non-hydrogen) atoms. The summed E-state index contributed by atoms with van der Waals surface area (Å²) in [5.41, 5.74) is 2.15. The van der Waals surface area contributed by atoms with E-state index in [-0.39, 0.29) is 5.91 Å². The van der Waals surface area contributed by atoms with Crippen LogP contribution in [0, 0.1) is 0 Å². The fourth-order valence-electron chi connectivity index (χ4n) is 3.49. The van der Waals surface area contributed by atoms with Crippen LogP contribution in [0.4, 0.5) is 5.69 Å². The molecule has 7 heteroatoms. The molecule has 1 fully saturated rings. The maximum Gasteiger partial charge on any atom is 0.236 e. The smallest absolute Gasteiger partial charge is 0.236 e. The van der Waals surface area contributed by atoms with Crippen LogP contribution >= 0.6 is 22.9 Å². The maximum atomic E-state index is 12.7. The Balaban J connectivity index is 1.29. The molecular weight excluding hydrogens is 392 g/mol. The zero-order valence-corrected chi connectivity index (χ0v) is 17.4. The number of halogens is 1. The van der Waals surface area contributed by atoms with Crippen LogP contribution in [0.5, 0.6) is 0 Å². The van der Waals surface area contributed by atoms with Gasteiger partial charge >= 0.3 is 0 Å². The Morgan fingerprint density at radius 1 is 1.14 bits per heavy atom. The summed E-state index contributed by atoms with van der Waals surface area (Å²) in [6.45, 7) is 4.22. The van der Waals surface area contributed by atoms with Crippen LogP contribution in [0.3, 0.4) is 0 Å². The van der Waals surface area contributed by atoms with Crippen molar-refractivity contribution in [1.82, 2.24) is 14.8 Å². The van der Waals surface area contributed by atoms with Gasteiger partial charge in [0.05, 0.1) is 23.3 Å². The van der Waals surface area contributed by atoms with Gasteiger partial charge in [-0.3, -0.25) is 9.69 Å². The highest BCUT2D eigenvalue weighted by Gasteiger charge is 2.22. The van der Waals surface area contributed by atoms with Crippen molar-refractivity contribution >= 4 is 44.7 Å². The molecule has 0 unspecified atom stereocenters. The maximum absolute atomic E-state index is 12.7. The SMILES string of the molecule is CN(CC(=O)N1CCN(c2cccc(Cl)c2)CC1)Cc1nc2ccccc2s1. The zero-order chi connectivity index (χ0) is 19.5. The number of para-hydroxylation sites is 1. The van der Waals surface area contributed by atoms with E-state index in [4.69, 9.17) is 11.6 Å². The number of thiazole rings is 1. The number of anilines is 1. The average Bonchev–Trinajstić information content (AvgIpc) is 3.10. The van der Waals surface area contributed by atoms with Crippen LogP contribution in [0.1, 0.15) is 5.01 Å². The molecule has 0 spiro atoms. The number of fused-ring (bicyclic) bond motifs is 1. The standard InChI is InChI=1S/C21H23ClN4OS/c1-24(14-20-23-18-7-2-3-8-19(18)28-20)15-21(27)26-11-9-25(10-12-26)17-6-4-5-16(22)13-17/h2-8,13H,9-12,14-15H2,1H3. The number of rotatable bonds is 5. The Morgan fingerprint density at radius 2 is 1.93 bits per heavy atom. The summed E-state index contributed by atoms with van der Waals surface area (Å²) in [6, 6.07) is 16.0. The first-order valence-electron chi connectivity index (χ1n) is 9.40. The average molecular weight is 415 g/mol. The Labute approximate surface area is 174 Å². The van der Waals surface area contributed by atoms with Crippen LogP contribution < -0.4 is 4.90 Å². The quantitative estimate of drug-likeness (QED) is 0.637. The molecule has 5 nitrogen and oxygen atoms in total. The Morgan fingerprint density at radius 3 is 2.68 bits per heavy atom. The third-order valence-corrected chi connectivity index (χ3v) is 6.21. The summed E-state index contributed by atoms with van der Waals surface area (Å²) in [6.07, 6.45) is 0. The minimum atomic E-state index is 0.175. The Bertz CT molecular complexity index is 935. The summed E-state index contributed by atoms with van der Waals surface area (Å²) in [7, 11) is 1.98. The van der Waals surface area contributed by atoms with Gasteiger partial charge in [0, 0.05) is 36.9 Å². The topological polar surface area (TPSA) is 39.7 Å². The summed E-state index contributed by atoms with van der Waals surface area (Å²) in [5.74, 6) is 0.175. The predicted molar refractivity (Wildman–Crippen MR) is 116 cm³/mol. The van der Waals surface area contributed by atoms with Crippen LogP contribution in [-0.4, -0.2) is 60.5 Å². The van der Waals surface area contributed by atoms with Crippen LogP contribution in [-0.2, 0) is 11.3 Å². The third kappa shape index (κ3) is 4.46. The van der Waals surface area contributed by atoms with E-state index < -0.39 is 0 Å². The second-order valence-electron chi connectivity index (χ2n) is 7.10. The monoisotopic (exact) mass is 414 g/mol. The fourth-order valence-corrected chi connectivity index (χ4v) is 4.72. The van der Waals surface area contributed by atoms with Gasteiger partial charge in [0.2, 0.25) is 5.91 Å². The molecule has 1 aliphatic heterocycles. The molecule has 0 N–H and O–H groups in total. The molecule has 0 radical (unpaired) electrons. The number of hydrogen-bond acceptors (Lipinski definition) is 5. The van der Waals surface area contributed by atoms with Gasteiger partial charge in [-0.2, -0.15) is 0 Å². The first kappa shape index (κ1) is 19.2. The second kappa shape index (κ2) is 8.47. The van der Waals surface area contributed by atoms with Gasteiger partial charge in [-0.05, 0) is 37.4 Å². The molecule has 3 aromatic rings. The van der Waals surface area contributed by atoms with Gasteiger partial charge in [-0.25, -0.2) is 4.98 Å². The molecule has 146 valence electrons. The van der Waals surface area contributed by atoms with Gasteiger partial charge in [-0.15, -0.1) is 11.3 Å². The van der Waals surface area contributed by atoms with Crippen molar-refractivity contribution in [2.24, 2.45) is 0 Å². The molecule has 0 bridgehead atoms. The molecule has 0 saturated carbocycles. The summed E-state index contributed by atoms with van der Waals surface area (Å²) in [5, 5.41) is 1.79. The molecule has 1 aromatic heterocycles. The van der Waals surface area contributed by atoms with Crippen molar-refractivity contribution in [2.75, 3.05) is 44.7 Å². The normalized spacial score (nSPS) is 14.8. The Kier molecular flexibility index (Phi) is 5.80. The minimum Gasteiger partial charge on any atom is -0.368 e. The highest BCUT2D eigenvalue weighted by molar-refractivity contribution is 7.18. The van der Waals surface area contributed by atoms with E-state index in [9.17, 15) is 4.79 Å². The number of likely N-dealkylation sites (N-methyl/N-ethyl adjacent to an activating group) is 1. The second-order valence-corrected chi connectivity index (χ2v) is 8.65. The molecule has 0 atom stereocenters. The van der Waals surface area contributed by atoms with Gasteiger partial charge in [0.25, 0.3) is 0 Å². The lowest BCUT2D eigenvalue weighted by atomic mass is 10.2. The number of nitrogens with zero attached hydrogens (tertiary/aromatic N) is 4. The predicted octanol–water partition coefficient (Wildman–Crippen LogP) is 3.73. The number of aromatic nitrogens is 1. The molecule has 4 rings (SSSR count). The lowest BCUT2D eigenvalue weighted by Crippen LogP contribution is -2.51. The van der Waals surface area contributed by atoms with E-state index in [1.54, 1.807) is 11.3 Å². The molecule has 2 aromatic carbocycles. The van der Waals surface area contributed by atoms with Crippen LogP contribution in [0.25, 0.3) is 10.2 Å². The zero-order valence-electron chi connectivity index (χ0n) is 15.8. The van der Waals surface area contributed by atoms with Gasteiger partial charge in [-0.1, -0.05) is 29.8 Å². The number of piperazine rings is 1. The van der Waals surface area contributed by atoms with Crippen molar-refractivity contribution in [3.05, 3.63) is 58.6 Å². The summed E-state index contributed by atoms with van der Waals surface area (Å²) >= 11 is 7.78. The molecule has 1 amide bonds. The largest absolute Gasteiger partial charge is 0.368 e. The van der Waals surface area contributed by atoms with Crippen molar-refractivity contribution in [2.45, 2.75) is 6.54 Å². The van der Waals surface area contributed by atoms with Gasteiger partial charge in [0.15, 0.2) is 0 Å². The number of carbonyl (C=O) groups excluding carboxylic acids is 1. The number of amides is 1. The fraction of sp³-hybridized carbons (Fsp3) is 0.333. The van der Waals surface area contributed by atoms with E-state index in [0.29, 0.717) is 13.1 Å². The first-order chi connectivity index (χ1) is 13.6. The van der Waals surface area contributed by atoms with Crippen molar-refractivity contribution in [3.8, 4) is 0 Å². The summed E-state index contributed by atoms with van der Waals surface area (Å²) in [4.78, 5) is 23.6. The van der Waals surface area contributed by atoms with Gasteiger partial charge < -0.3 is 9.80 Å². The third-order valence-electron chi connectivity index (χ3n) is 4.95. The van der Waals surface area contributed by atoms with Crippen LogP contribution in [0.2, 0.25) is 5.02 Å². The minimum absolute atomic E-state index is 0.175. The van der Waals surface area contributed by atoms with E-state index in [1.807, 2.05) is 53.2 Å². The van der Waals surface area contributed by atoms with Crippen molar-refractivity contribution < 1.29 is 4.79 Å². The number of carbonyl (C=O) groups is 1. The lowest BCUT2D eigenvalue weighted by Gasteiger charge is -2.36. The first-order valence-corrected chi connectivity index (χ1v) is 10.6. The van der Waals surface area contributed by atoms with Gasteiger partial charge in [0.1, 0.15) is 5.01 Å². The number of hydrogen-bond donors (Lipinski definition) is 0. The highest BCUT2D eigenvalue weighted by Crippen LogP contribution is 2.23. The molecule has 1 aliphatic rings. The number of benzene rings is 2.